The maximum Gasteiger partial charge on any atom is 0.337 e. The molecule has 0 bridgehead atoms. The second-order valence-electron chi connectivity index (χ2n) is 19.2. The van der Waals surface area contributed by atoms with Gasteiger partial charge in [-0.1, -0.05) is 60.6 Å². The number of rotatable bonds is 7. The van der Waals surface area contributed by atoms with E-state index in [9.17, 15) is 18.0 Å². The highest BCUT2D eigenvalue weighted by Gasteiger charge is 2.72. The van der Waals surface area contributed by atoms with Gasteiger partial charge in [0.1, 0.15) is 0 Å². The summed E-state index contributed by atoms with van der Waals surface area (Å²) in [7, 11) is -1.47. The van der Waals surface area contributed by atoms with Crippen LogP contribution in [0.4, 0.5) is 0 Å². The van der Waals surface area contributed by atoms with E-state index in [1.807, 2.05) is 30.3 Å². The zero-order chi connectivity index (χ0) is 36.8. The Labute approximate surface area is 308 Å². The number of carbonyl (C=O) groups is 2. The molecule has 0 amide bonds. The quantitative estimate of drug-likeness (QED) is 0.293. The Morgan fingerprint density at radius 1 is 0.902 bits per heavy atom. The molecular weight excluding hydrogens is 657 g/mol. The molecule has 0 spiro atoms. The smallest absolute Gasteiger partial charge is 0.337 e. The Balaban J connectivity index is 1.16. The molecule has 282 valence electrons. The first-order valence-electron chi connectivity index (χ1n) is 20.1. The van der Waals surface area contributed by atoms with Gasteiger partial charge in [0, 0.05) is 37.1 Å². The summed E-state index contributed by atoms with van der Waals surface area (Å²) in [6.07, 6.45) is 11.4. The molecule has 51 heavy (non-hydrogen) atoms. The normalized spacial score (nSPS) is 41.5. The van der Waals surface area contributed by atoms with Gasteiger partial charge < -0.3 is 15.0 Å². The molecule has 7 nitrogen and oxygen atoms in total. The van der Waals surface area contributed by atoms with Gasteiger partial charge in [0.25, 0.3) is 0 Å². The number of esters is 1. The fourth-order valence-electron chi connectivity index (χ4n) is 13.9. The van der Waals surface area contributed by atoms with Crippen molar-refractivity contribution in [1.29, 1.82) is 0 Å². The van der Waals surface area contributed by atoms with Gasteiger partial charge in [0.15, 0.2) is 15.6 Å². The molecule has 5 fully saturated rings. The van der Waals surface area contributed by atoms with Crippen molar-refractivity contribution >= 4 is 27.2 Å². The summed E-state index contributed by atoms with van der Waals surface area (Å²) in [6.45, 7) is 20.3. The number of fused-ring (bicyclic) bond motifs is 7. The van der Waals surface area contributed by atoms with Crippen LogP contribution in [0.1, 0.15) is 116 Å². The van der Waals surface area contributed by atoms with E-state index in [0.717, 1.165) is 43.5 Å². The average Bonchev–Trinajstić information content (AvgIpc) is 3.47. The number of nitrogens with one attached hydrogen (secondary N) is 1. The Morgan fingerprint density at radius 3 is 2.24 bits per heavy atom. The molecule has 6 aliphatic rings. The topological polar surface area (TPSA) is 92.8 Å². The molecule has 7 rings (SSSR count). The molecule has 0 aromatic heterocycles. The summed E-state index contributed by atoms with van der Waals surface area (Å²) in [5.74, 6) is 3.71. The second-order valence-corrected chi connectivity index (χ2v) is 21.5. The summed E-state index contributed by atoms with van der Waals surface area (Å²) < 4.78 is 29.0. The summed E-state index contributed by atoms with van der Waals surface area (Å²) in [5.41, 5.74) is 2.43. The van der Waals surface area contributed by atoms with Crippen LogP contribution in [-0.2, 0) is 19.4 Å². The van der Waals surface area contributed by atoms with Gasteiger partial charge in [0.05, 0.1) is 24.2 Å². The van der Waals surface area contributed by atoms with Gasteiger partial charge in [-0.05, 0) is 132 Å². The minimum atomic E-state index is -2.87. The number of nitrogens with zero attached hydrogens (tertiary/aromatic N) is 1. The number of sulfone groups is 1. The molecule has 9 atom stereocenters. The first-order chi connectivity index (χ1) is 23.9. The fraction of sp³-hybridized carbons (Fsp3) is 0.767. The van der Waals surface area contributed by atoms with Crippen molar-refractivity contribution in [2.24, 2.45) is 57.2 Å². The molecule has 3 unspecified atom stereocenters. The largest absolute Gasteiger partial charge is 0.465 e. The Bertz CT molecular complexity index is 1670. The standard InChI is InChI=1S/C43H64N2O5S/c1-28(2)31-15-18-43(44-21-22-45-23-25-51(48,49)26-24-45)20-19-40(5)32(37(31)43)13-14-35-41(40,6)17-16-34-39(3,4)33(27-36(46)42(34,35)7)29-9-11-30(12-10-29)38(47)50-8/h9-12,27-28,31-32,34-35,37,44H,13-26H2,1-8H3/t31-,32+,34?,35?,37?,40+,41+,42-,43-/m0/s1. The van der Waals surface area contributed by atoms with E-state index in [1.54, 1.807) is 0 Å². The van der Waals surface area contributed by atoms with Crippen LogP contribution in [0.2, 0.25) is 0 Å². The first kappa shape index (κ1) is 37.3. The van der Waals surface area contributed by atoms with Crippen LogP contribution in [0.25, 0.3) is 5.57 Å². The molecule has 1 N–H and O–H groups in total. The van der Waals surface area contributed by atoms with Crippen molar-refractivity contribution in [3.63, 3.8) is 0 Å². The predicted molar refractivity (Wildman–Crippen MR) is 204 cm³/mol. The Morgan fingerprint density at radius 2 is 1.59 bits per heavy atom. The van der Waals surface area contributed by atoms with E-state index < -0.39 is 15.3 Å². The van der Waals surface area contributed by atoms with Gasteiger partial charge in [0.2, 0.25) is 0 Å². The van der Waals surface area contributed by atoms with Crippen LogP contribution >= 0.6 is 0 Å². The molecule has 5 aliphatic carbocycles. The molecule has 0 radical (unpaired) electrons. The minimum absolute atomic E-state index is 0.0793. The SMILES string of the molecule is COC(=O)c1ccc(C2=CC(=O)[C@@]3(C)C(CC[C@]4(C)C3CC[C@@H]3C5[C@H](C(C)C)CC[C@]5(NCCN5CCS(=O)(=O)CC5)CC[C@]34C)C2(C)C)cc1. The monoisotopic (exact) mass is 720 g/mol. The third-order valence-corrected chi connectivity index (χ3v) is 18.4. The van der Waals surface area contributed by atoms with Gasteiger partial charge >= 0.3 is 5.97 Å². The lowest BCUT2D eigenvalue weighted by Crippen LogP contribution is -2.69. The fourth-order valence-corrected chi connectivity index (χ4v) is 15.1. The van der Waals surface area contributed by atoms with Gasteiger partial charge in [-0.2, -0.15) is 0 Å². The molecule has 1 saturated heterocycles. The van der Waals surface area contributed by atoms with E-state index in [4.69, 9.17) is 4.74 Å². The number of allylic oxidation sites excluding steroid dienone is 2. The molecule has 1 heterocycles. The van der Waals surface area contributed by atoms with E-state index in [0.29, 0.717) is 54.0 Å². The van der Waals surface area contributed by atoms with Gasteiger partial charge in [-0.15, -0.1) is 0 Å². The van der Waals surface area contributed by atoms with Crippen molar-refractivity contribution < 1.29 is 22.7 Å². The van der Waals surface area contributed by atoms with Gasteiger partial charge in [-0.3, -0.25) is 4.79 Å². The van der Waals surface area contributed by atoms with E-state index in [-0.39, 0.29) is 45.2 Å². The highest BCUT2D eigenvalue weighted by Crippen LogP contribution is 2.76. The number of carbonyl (C=O) groups excluding carboxylic acids is 2. The lowest BCUT2D eigenvalue weighted by Gasteiger charge is -2.72. The number of benzene rings is 1. The zero-order valence-electron chi connectivity index (χ0n) is 32.6. The lowest BCUT2D eigenvalue weighted by atomic mass is 9.32. The molecule has 1 aliphatic heterocycles. The Kier molecular flexibility index (Phi) is 9.35. The minimum Gasteiger partial charge on any atom is -0.465 e. The zero-order valence-corrected chi connectivity index (χ0v) is 33.5. The number of ether oxygens (including phenoxy) is 1. The van der Waals surface area contributed by atoms with E-state index in [2.05, 4.69) is 58.7 Å². The molecule has 8 heteroatoms. The van der Waals surface area contributed by atoms with Crippen molar-refractivity contribution in [2.45, 2.75) is 105 Å². The number of ketones is 1. The molecular formula is C43H64N2O5S. The maximum atomic E-state index is 14.8. The van der Waals surface area contributed by atoms with Crippen LogP contribution in [0.15, 0.2) is 30.3 Å². The summed E-state index contributed by atoms with van der Waals surface area (Å²) >= 11 is 0. The number of methoxy groups -OCH3 is 1. The van der Waals surface area contributed by atoms with Crippen molar-refractivity contribution in [3.8, 4) is 0 Å². The summed E-state index contributed by atoms with van der Waals surface area (Å²) in [6, 6.07) is 7.62. The molecule has 1 aromatic rings. The van der Waals surface area contributed by atoms with Crippen LogP contribution in [-0.4, -0.2) is 75.4 Å². The highest BCUT2D eigenvalue weighted by molar-refractivity contribution is 7.91. The van der Waals surface area contributed by atoms with Crippen LogP contribution < -0.4 is 5.32 Å². The third-order valence-electron chi connectivity index (χ3n) is 16.8. The van der Waals surface area contributed by atoms with Crippen molar-refractivity contribution in [3.05, 3.63) is 41.5 Å². The molecule has 4 saturated carbocycles. The average molecular weight is 721 g/mol. The summed E-state index contributed by atoms with van der Waals surface area (Å²) in [5, 5.41) is 4.21. The van der Waals surface area contributed by atoms with Crippen LogP contribution in [0, 0.1) is 57.2 Å². The van der Waals surface area contributed by atoms with Crippen molar-refractivity contribution in [1.82, 2.24) is 10.2 Å². The van der Waals surface area contributed by atoms with E-state index >= 15 is 0 Å². The first-order valence-corrected chi connectivity index (χ1v) is 21.9. The Hall–Kier alpha value is -2.03. The highest BCUT2D eigenvalue weighted by atomic mass is 32.2. The van der Waals surface area contributed by atoms with Crippen molar-refractivity contribution in [2.75, 3.05) is 44.8 Å². The molecule has 1 aromatic carbocycles. The predicted octanol–water partition coefficient (Wildman–Crippen LogP) is 7.46. The third kappa shape index (κ3) is 5.65. The van der Waals surface area contributed by atoms with E-state index in [1.165, 1.54) is 39.2 Å². The summed E-state index contributed by atoms with van der Waals surface area (Å²) in [4.78, 5) is 29.2. The lowest BCUT2D eigenvalue weighted by molar-refractivity contribution is -0.218. The van der Waals surface area contributed by atoms with Crippen LogP contribution in [0.5, 0.6) is 0 Å². The number of hydrogen-bond acceptors (Lipinski definition) is 7. The second kappa shape index (κ2) is 12.8. The van der Waals surface area contributed by atoms with Crippen LogP contribution in [0.3, 0.4) is 0 Å². The van der Waals surface area contributed by atoms with Gasteiger partial charge in [-0.25, -0.2) is 13.2 Å². The number of hydrogen-bond donors (Lipinski definition) is 1. The maximum absolute atomic E-state index is 14.8.